The van der Waals surface area contributed by atoms with Crippen molar-refractivity contribution in [1.29, 1.82) is 0 Å². The Kier molecular flexibility index (Phi) is 12.3. The highest BCUT2D eigenvalue weighted by Gasteiger charge is 2.44. The first-order valence-corrected chi connectivity index (χ1v) is 9.97. The molecular weight excluding hydrogens is 384 g/mol. The highest BCUT2D eigenvalue weighted by atomic mass is 16.5. The minimum atomic E-state index is -1.26. The van der Waals surface area contributed by atoms with Gasteiger partial charge in [-0.25, -0.2) is 0 Å². The molecule has 0 radical (unpaired) electrons. The summed E-state index contributed by atoms with van der Waals surface area (Å²) in [6, 6.07) is 0. The predicted octanol–water partition coefficient (Wildman–Crippen LogP) is -0.977. The lowest BCUT2D eigenvalue weighted by Gasteiger charge is -2.42. The standard InChI is InChI=1S/C10H20O4.C9H18O5.CH4/c1-4-6-7(11)8(12)9(13)10(14-6)5(2)3;1-4(2)9-8(13)7(12)6(11)5(3-10)14-9;/h5-13H,4H2,1-3H3;4-13H,3H2,1-2H3;1H4/t6?,7-,8?,9+,10-;5?,6-,7?,8+,9+;/m00./s1. The first-order valence-electron chi connectivity index (χ1n) is 9.97. The van der Waals surface area contributed by atoms with Gasteiger partial charge in [0, 0.05) is 0 Å². The molecule has 0 saturated carbocycles. The van der Waals surface area contributed by atoms with Crippen LogP contribution in [0.1, 0.15) is 48.5 Å². The van der Waals surface area contributed by atoms with Crippen LogP contribution in [0.5, 0.6) is 0 Å². The molecule has 2 aliphatic rings. The van der Waals surface area contributed by atoms with Crippen molar-refractivity contribution in [3.8, 4) is 0 Å². The van der Waals surface area contributed by atoms with Gasteiger partial charge in [-0.3, -0.25) is 0 Å². The maximum Gasteiger partial charge on any atom is 0.111 e. The monoisotopic (exact) mass is 426 g/mol. The molecule has 29 heavy (non-hydrogen) atoms. The lowest BCUT2D eigenvalue weighted by atomic mass is 9.89. The quantitative estimate of drug-likeness (QED) is 0.300. The zero-order valence-corrected chi connectivity index (χ0v) is 17.3. The van der Waals surface area contributed by atoms with Crippen LogP contribution in [-0.2, 0) is 9.47 Å². The molecule has 2 aliphatic heterocycles. The van der Waals surface area contributed by atoms with Crippen LogP contribution in [0.2, 0.25) is 0 Å². The third kappa shape index (κ3) is 6.81. The lowest BCUT2D eigenvalue weighted by molar-refractivity contribution is -0.238. The lowest BCUT2D eigenvalue weighted by Crippen LogP contribution is -2.59. The van der Waals surface area contributed by atoms with Crippen LogP contribution >= 0.6 is 0 Å². The van der Waals surface area contributed by atoms with Gasteiger partial charge in [-0.1, -0.05) is 42.0 Å². The zero-order valence-electron chi connectivity index (χ0n) is 17.3. The second kappa shape index (κ2) is 12.5. The van der Waals surface area contributed by atoms with E-state index in [-0.39, 0.29) is 32.0 Å². The van der Waals surface area contributed by atoms with E-state index in [1.807, 2.05) is 34.6 Å². The van der Waals surface area contributed by atoms with Gasteiger partial charge in [0.25, 0.3) is 0 Å². The van der Waals surface area contributed by atoms with E-state index < -0.39 is 54.9 Å². The Hall–Kier alpha value is -0.360. The Balaban J connectivity index is 0.000000523. The van der Waals surface area contributed by atoms with E-state index in [1.54, 1.807) is 0 Å². The number of aliphatic hydroxyl groups excluding tert-OH is 7. The molecule has 2 fully saturated rings. The summed E-state index contributed by atoms with van der Waals surface area (Å²) >= 11 is 0. The van der Waals surface area contributed by atoms with Gasteiger partial charge < -0.3 is 45.2 Å². The number of hydrogen-bond donors (Lipinski definition) is 7. The van der Waals surface area contributed by atoms with Crippen molar-refractivity contribution in [3.05, 3.63) is 0 Å². The van der Waals surface area contributed by atoms with Gasteiger partial charge >= 0.3 is 0 Å². The van der Waals surface area contributed by atoms with E-state index in [0.29, 0.717) is 6.42 Å². The maximum absolute atomic E-state index is 9.66. The second-order valence-electron chi connectivity index (χ2n) is 8.30. The van der Waals surface area contributed by atoms with Crippen LogP contribution in [-0.4, -0.2) is 103 Å². The molecule has 0 amide bonds. The van der Waals surface area contributed by atoms with E-state index in [4.69, 9.17) is 14.6 Å². The average Bonchev–Trinajstić information content (AvgIpc) is 2.64. The van der Waals surface area contributed by atoms with Crippen molar-refractivity contribution in [3.63, 3.8) is 0 Å². The van der Waals surface area contributed by atoms with Crippen LogP contribution in [0, 0.1) is 11.8 Å². The molecule has 0 aromatic carbocycles. The molecule has 2 heterocycles. The second-order valence-corrected chi connectivity index (χ2v) is 8.30. The van der Waals surface area contributed by atoms with E-state index in [2.05, 4.69) is 0 Å². The van der Waals surface area contributed by atoms with Crippen LogP contribution in [0.3, 0.4) is 0 Å². The summed E-state index contributed by atoms with van der Waals surface area (Å²) in [4.78, 5) is 0. The minimum absolute atomic E-state index is 0. The van der Waals surface area contributed by atoms with Gasteiger partial charge in [0.1, 0.15) is 42.7 Å². The first-order chi connectivity index (χ1) is 13.0. The van der Waals surface area contributed by atoms with E-state index in [1.165, 1.54) is 0 Å². The van der Waals surface area contributed by atoms with E-state index >= 15 is 0 Å². The van der Waals surface area contributed by atoms with Crippen molar-refractivity contribution in [2.45, 2.75) is 110 Å². The van der Waals surface area contributed by atoms with Gasteiger partial charge in [-0.05, 0) is 18.3 Å². The third-order valence-electron chi connectivity index (χ3n) is 5.39. The molecule has 0 aromatic rings. The Morgan fingerprint density at radius 1 is 0.621 bits per heavy atom. The number of rotatable bonds is 4. The summed E-state index contributed by atoms with van der Waals surface area (Å²) in [6.45, 7) is 9.04. The van der Waals surface area contributed by atoms with Gasteiger partial charge in [0.15, 0.2) is 0 Å². The molecule has 9 heteroatoms. The van der Waals surface area contributed by atoms with Crippen molar-refractivity contribution in [2.24, 2.45) is 11.8 Å². The number of ether oxygens (including phenoxy) is 2. The van der Waals surface area contributed by atoms with Gasteiger partial charge in [-0.15, -0.1) is 0 Å². The van der Waals surface area contributed by atoms with Gasteiger partial charge in [0.2, 0.25) is 0 Å². The molecule has 2 saturated heterocycles. The molecule has 0 aliphatic carbocycles. The summed E-state index contributed by atoms with van der Waals surface area (Å²) in [5, 5.41) is 66.2. The molecule has 7 N–H and O–H groups in total. The van der Waals surface area contributed by atoms with Crippen LogP contribution in [0.25, 0.3) is 0 Å². The molecule has 0 bridgehead atoms. The Bertz CT molecular complexity index is 404. The fourth-order valence-corrected chi connectivity index (χ4v) is 3.55. The fourth-order valence-electron chi connectivity index (χ4n) is 3.55. The number of hydrogen-bond acceptors (Lipinski definition) is 9. The zero-order chi connectivity index (χ0) is 21.8. The summed E-state index contributed by atoms with van der Waals surface area (Å²) in [6.07, 6.45) is -8.16. The van der Waals surface area contributed by atoms with Crippen molar-refractivity contribution in [1.82, 2.24) is 0 Å². The van der Waals surface area contributed by atoms with Crippen molar-refractivity contribution < 1.29 is 45.2 Å². The molecule has 176 valence electrons. The molecule has 2 rings (SSSR count). The van der Waals surface area contributed by atoms with E-state index in [0.717, 1.165) is 0 Å². The largest absolute Gasteiger partial charge is 0.394 e. The first kappa shape index (κ1) is 28.6. The molecule has 0 aromatic heterocycles. The SMILES string of the molecule is C.CC(C)[C@H]1OC(CO)[C@H](O)C(O)[C@H]1O.CCC1O[C@@H](C(C)C)[C@H](O)C(O)[C@H]1O. The Labute approximate surface area is 173 Å². The van der Waals surface area contributed by atoms with E-state index in [9.17, 15) is 30.6 Å². The molecule has 0 spiro atoms. The summed E-state index contributed by atoms with van der Waals surface area (Å²) in [7, 11) is 0. The summed E-state index contributed by atoms with van der Waals surface area (Å²) in [5.41, 5.74) is 0. The maximum atomic E-state index is 9.66. The molecule has 10 atom stereocenters. The Morgan fingerprint density at radius 3 is 1.28 bits per heavy atom. The summed E-state index contributed by atoms with van der Waals surface area (Å²) in [5.74, 6) is 0.141. The molecule has 4 unspecified atom stereocenters. The smallest absolute Gasteiger partial charge is 0.111 e. The molecular formula is C20H42O9. The minimum Gasteiger partial charge on any atom is -0.394 e. The summed E-state index contributed by atoms with van der Waals surface area (Å²) < 4.78 is 10.8. The number of aliphatic hydroxyl groups is 7. The van der Waals surface area contributed by atoms with Crippen LogP contribution in [0.4, 0.5) is 0 Å². The normalized spacial score (nSPS) is 42.8. The average molecular weight is 427 g/mol. The van der Waals surface area contributed by atoms with Crippen LogP contribution in [0.15, 0.2) is 0 Å². The van der Waals surface area contributed by atoms with Crippen molar-refractivity contribution >= 4 is 0 Å². The third-order valence-corrected chi connectivity index (χ3v) is 5.39. The van der Waals surface area contributed by atoms with Gasteiger partial charge in [0.05, 0.1) is 24.9 Å². The van der Waals surface area contributed by atoms with Gasteiger partial charge in [-0.2, -0.15) is 0 Å². The van der Waals surface area contributed by atoms with Crippen molar-refractivity contribution in [2.75, 3.05) is 6.61 Å². The highest BCUT2D eigenvalue weighted by Crippen LogP contribution is 2.27. The highest BCUT2D eigenvalue weighted by molar-refractivity contribution is 4.93. The fraction of sp³-hybridized carbons (Fsp3) is 1.00. The molecule has 9 nitrogen and oxygen atoms in total. The van der Waals surface area contributed by atoms with Crippen LogP contribution < -0.4 is 0 Å². The topological polar surface area (TPSA) is 160 Å². The Morgan fingerprint density at radius 2 is 0.966 bits per heavy atom. The predicted molar refractivity (Wildman–Crippen MR) is 107 cm³/mol.